The first-order valence-electron chi connectivity index (χ1n) is 7.14. The van der Waals surface area contributed by atoms with E-state index in [0.29, 0.717) is 6.07 Å². The van der Waals surface area contributed by atoms with Crippen molar-refractivity contribution in [3.05, 3.63) is 77.9 Å². The molecular weight excluding hydrogens is 333 g/mol. The number of para-hydroxylation sites is 1. The van der Waals surface area contributed by atoms with Crippen LogP contribution in [0.25, 0.3) is 0 Å². The standard InChI is InChI=1S/C17H11F3N4O/c18-10-5-6-14(12(20)9-10)22-16(25)15-7-8-21-17(24-15)23-13-4-2-1-3-11(13)19/h1-9H,(H,22,25)(H,21,23,24). The van der Waals surface area contributed by atoms with Gasteiger partial charge in [0.25, 0.3) is 5.91 Å². The van der Waals surface area contributed by atoms with Crippen LogP contribution in [0.15, 0.2) is 54.7 Å². The van der Waals surface area contributed by atoms with Gasteiger partial charge in [0.05, 0.1) is 11.4 Å². The van der Waals surface area contributed by atoms with Crippen LogP contribution in [0.5, 0.6) is 0 Å². The number of anilines is 3. The zero-order valence-corrected chi connectivity index (χ0v) is 12.6. The lowest BCUT2D eigenvalue weighted by Gasteiger charge is -2.08. The van der Waals surface area contributed by atoms with Crippen molar-refractivity contribution in [3.63, 3.8) is 0 Å². The van der Waals surface area contributed by atoms with Gasteiger partial charge < -0.3 is 10.6 Å². The Labute approximate surface area is 140 Å². The minimum absolute atomic E-state index is 0.00247. The summed E-state index contributed by atoms with van der Waals surface area (Å²) in [5, 5.41) is 4.93. The first-order valence-corrected chi connectivity index (χ1v) is 7.14. The van der Waals surface area contributed by atoms with Crippen molar-refractivity contribution in [1.82, 2.24) is 9.97 Å². The van der Waals surface area contributed by atoms with Crippen LogP contribution in [0.1, 0.15) is 10.5 Å². The van der Waals surface area contributed by atoms with Gasteiger partial charge in [-0.25, -0.2) is 23.1 Å². The molecule has 0 unspecified atom stereocenters. The summed E-state index contributed by atoms with van der Waals surface area (Å²) in [6.45, 7) is 0. The van der Waals surface area contributed by atoms with Crippen LogP contribution in [0.4, 0.5) is 30.5 Å². The van der Waals surface area contributed by atoms with Crippen LogP contribution in [0.2, 0.25) is 0 Å². The zero-order valence-electron chi connectivity index (χ0n) is 12.6. The molecule has 2 aromatic carbocycles. The van der Waals surface area contributed by atoms with Gasteiger partial charge in [0, 0.05) is 12.3 Å². The Balaban J connectivity index is 1.79. The molecule has 0 saturated carbocycles. The lowest BCUT2D eigenvalue weighted by atomic mass is 10.3. The van der Waals surface area contributed by atoms with E-state index in [1.165, 1.54) is 30.5 Å². The summed E-state index contributed by atoms with van der Waals surface area (Å²) in [6.07, 6.45) is 1.30. The molecule has 0 bridgehead atoms. The summed E-state index contributed by atoms with van der Waals surface area (Å²) in [5.41, 5.74) is -0.115. The molecule has 1 aromatic heterocycles. The number of nitrogens with one attached hydrogen (secondary N) is 2. The molecule has 0 spiro atoms. The van der Waals surface area contributed by atoms with Gasteiger partial charge in [-0.1, -0.05) is 12.1 Å². The van der Waals surface area contributed by atoms with Gasteiger partial charge >= 0.3 is 0 Å². The number of hydrogen-bond acceptors (Lipinski definition) is 4. The van der Waals surface area contributed by atoms with Crippen LogP contribution >= 0.6 is 0 Å². The Hall–Kier alpha value is -3.42. The third kappa shape index (κ3) is 3.92. The van der Waals surface area contributed by atoms with Gasteiger partial charge in [-0.2, -0.15) is 0 Å². The second kappa shape index (κ2) is 7.00. The molecule has 5 nitrogen and oxygen atoms in total. The fourth-order valence-corrected chi connectivity index (χ4v) is 2.01. The number of benzene rings is 2. The Morgan fingerprint density at radius 3 is 2.48 bits per heavy atom. The number of amides is 1. The van der Waals surface area contributed by atoms with E-state index < -0.39 is 23.4 Å². The lowest BCUT2D eigenvalue weighted by Crippen LogP contribution is -2.15. The van der Waals surface area contributed by atoms with E-state index in [0.717, 1.165) is 12.1 Å². The summed E-state index contributed by atoms with van der Waals surface area (Å²) in [5.74, 6) is -2.89. The van der Waals surface area contributed by atoms with Gasteiger partial charge in [0.2, 0.25) is 5.95 Å². The molecule has 8 heteroatoms. The van der Waals surface area contributed by atoms with Gasteiger partial charge in [-0.3, -0.25) is 4.79 Å². The van der Waals surface area contributed by atoms with Crippen LogP contribution in [0.3, 0.4) is 0 Å². The molecule has 1 heterocycles. The van der Waals surface area contributed by atoms with E-state index >= 15 is 0 Å². The number of hydrogen-bond donors (Lipinski definition) is 2. The predicted molar refractivity (Wildman–Crippen MR) is 86.0 cm³/mol. The summed E-state index contributed by atoms with van der Waals surface area (Å²) >= 11 is 0. The molecule has 0 atom stereocenters. The largest absolute Gasteiger partial charge is 0.322 e. The molecule has 1 amide bonds. The topological polar surface area (TPSA) is 66.9 Å². The van der Waals surface area contributed by atoms with Crippen molar-refractivity contribution < 1.29 is 18.0 Å². The molecule has 2 N–H and O–H groups in total. The van der Waals surface area contributed by atoms with E-state index in [4.69, 9.17) is 0 Å². The smallest absolute Gasteiger partial charge is 0.274 e. The second-order valence-electron chi connectivity index (χ2n) is 4.95. The summed E-state index contributed by atoms with van der Waals surface area (Å²) in [6, 6.07) is 9.98. The van der Waals surface area contributed by atoms with Gasteiger partial charge in [-0.15, -0.1) is 0 Å². The molecule has 126 valence electrons. The number of aromatic nitrogens is 2. The van der Waals surface area contributed by atoms with Crippen molar-refractivity contribution >= 4 is 23.2 Å². The molecule has 0 aliphatic carbocycles. The number of carbonyl (C=O) groups excluding carboxylic acids is 1. The normalized spacial score (nSPS) is 10.4. The van der Waals surface area contributed by atoms with Crippen molar-refractivity contribution in [2.24, 2.45) is 0 Å². The monoisotopic (exact) mass is 344 g/mol. The maximum atomic E-state index is 13.6. The highest BCUT2D eigenvalue weighted by molar-refractivity contribution is 6.03. The number of halogens is 3. The average Bonchev–Trinajstić information content (AvgIpc) is 2.60. The van der Waals surface area contributed by atoms with Crippen LogP contribution in [0, 0.1) is 17.5 Å². The number of nitrogens with zero attached hydrogens (tertiary/aromatic N) is 2. The minimum atomic E-state index is -0.910. The summed E-state index contributed by atoms with van der Waals surface area (Å²) in [7, 11) is 0. The Kier molecular flexibility index (Phi) is 4.60. The lowest BCUT2D eigenvalue weighted by molar-refractivity contribution is 0.102. The summed E-state index contributed by atoms with van der Waals surface area (Å²) in [4.78, 5) is 20.0. The molecule has 0 saturated heterocycles. The van der Waals surface area contributed by atoms with Crippen LogP contribution in [-0.2, 0) is 0 Å². The highest BCUT2D eigenvalue weighted by Gasteiger charge is 2.13. The number of rotatable bonds is 4. The third-order valence-corrected chi connectivity index (χ3v) is 3.19. The van der Waals surface area contributed by atoms with E-state index in [-0.39, 0.29) is 23.0 Å². The van der Waals surface area contributed by atoms with E-state index in [9.17, 15) is 18.0 Å². The molecule has 0 radical (unpaired) electrons. The quantitative estimate of drug-likeness (QED) is 0.753. The maximum absolute atomic E-state index is 13.6. The molecule has 0 aliphatic heterocycles. The van der Waals surface area contributed by atoms with E-state index in [1.54, 1.807) is 6.07 Å². The first kappa shape index (κ1) is 16.4. The van der Waals surface area contributed by atoms with Crippen molar-refractivity contribution in [3.8, 4) is 0 Å². The molecule has 0 aliphatic rings. The average molecular weight is 344 g/mol. The van der Waals surface area contributed by atoms with E-state index in [1.807, 2.05) is 0 Å². The summed E-state index contributed by atoms with van der Waals surface area (Å²) < 4.78 is 40.1. The fraction of sp³-hybridized carbons (Fsp3) is 0. The van der Waals surface area contributed by atoms with Crippen LogP contribution in [-0.4, -0.2) is 15.9 Å². The molecule has 25 heavy (non-hydrogen) atoms. The highest BCUT2D eigenvalue weighted by atomic mass is 19.1. The SMILES string of the molecule is O=C(Nc1ccc(F)cc1F)c1ccnc(Nc2ccccc2F)n1. The molecule has 0 fully saturated rings. The molecule has 3 aromatic rings. The minimum Gasteiger partial charge on any atom is -0.322 e. The predicted octanol–water partition coefficient (Wildman–Crippen LogP) is 3.89. The third-order valence-electron chi connectivity index (χ3n) is 3.19. The molecular formula is C17H11F3N4O. The van der Waals surface area contributed by atoms with Crippen molar-refractivity contribution in [1.29, 1.82) is 0 Å². The zero-order chi connectivity index (χ0) is 17.8. The van der Waals surface area contributed by atoms with Crippen molar-refractivity contribution in [2.75, 3.05) is 10.6 Å². The van der Waals surface area contributed by atoms with Crippen LogP contribution < -0.4 is 10.6 Å². The Morgan fingerprint density at radius 2 is 1.72 bits per heavy atom. The first-order chi connectivity index (χ1) is 12.0. The Bertz CT molecular complexity index is 933. The fourth-order valence-electron chi connectivity index (χ4n) is 2.01. The van der Waals surface area contributed by atoms with E-state index in [2.05, 4.69) is 20.6 Å². The highest BCUT2D eigenvalue weighted by Crippen LogP contribution is 2.18. The van der Waals surface area contributed by atoms with Gasteiger partial charge in [0.15, 0.2) is 0 Å². The molecule has 3 rings (SSSR count). The second-order valence-corrected chi connectivity index (χ2v) is 4.95. The van der Waals surface area contributed by atoms with Gasteiger partial charge in [-0.05, 0) is 30.3 Å². The maximum Gasteiger partial charge on any atom is 0.274 e. The Morgan fingerprint density at radius 1 is 0.920 bits per heavy atom. The van der Waals surface area contributed by atoms with Gasteiger partial charge in [0.1, 0.15) is 23.1 Å². The number of carbonyl (C=O) groups is 1. The van der Waals surface area contributed by atoms with Crippen molar-refractivity contribution in [2.45, 2.75) is 0 Å².